The van der Waals surface area contributed by atoms with Gasteiger partial charge >= 0.3 is 5.97 Å². The average molecular weight is 444 g/mol. The molecule has 1 saturated heterocycles. The van der Waals surface area contributed by atoms with Gasteiger partial charge in [0.05, 0.1) is 23.5 Å². The number of carbonyl (C=O) groups is 2. The molecule has 0 bridgehead atoms. The lowest BCUT2D eigenvalue weighted by atomic mass is 9.84. The van der Waals surface area contributed by atoms with Crippen LogP contribution in [-0.2, 0) is 19.4 Å². The number of halogens is 1. The fourth-order valence-electron chi connectivity index (χ4n) is 3.82. The van der Waals surface area contributed by atoms with E-state index in [-0.39, 0.29) is 30.0 Å². The molecule has 1 amide bonds. The van der Waals surface area contributed by atoms with Crippen molar-refractivity contribution in [1.29, 1.82) is 0 Å². The molecular weight excluding hydrogens is 414 g/mol. The molecule has 1 N–H and O–H groups in total. The van der Waals surface area contributed by atoms with Gasteiger partial charge < -0.3 is 10.0 Å². The minimum atomic E-state index is -3.40. The zero-order valence-electron chi connectivity index (χ0n) is 17.3. The molecule has 1 aliphatic rings. The average Bonchev–Trinajstić information content (AvgIpc) is 2.62. The molecule has 1 fully saturated rings. The monoisotopic (exact) mass is 443 g/mol. The van der Waals surface area contributed by atoms with Crippen molar-refractivity contribution in [2.24, 2.45) is 11.8 Å². The maximum Gasteiger partial charge on any atom is 0.304 e. The minimum absolute atomic E-state index is 0.106. The van der Waals surface area contributed by atoms with Crippen LogP contribution in [0.25, 0.3) is 0 Å². The predicted octanol–water partition coefficient (Wildman–Crippen LogP) is 3.94. The highest BCUT2D eigenvalue weighted by Gasteiger charge is 2.43. The molecule has 0 radical (unpaired) electrons. The Balaban J connectivity index is 2.49. The van der Waals surface area contributed by atoms with E-state index in [1.165, 1.54) is 0 Å². The summed E-state index contributed by atoms with van der Waals surface area (Å²) in [6.45, 7) is 7.06. The van der Waals surface area contributed by atoms with Crippen molar-refractivity contribution in [3.05, 3.63) is 34.9 Å². The third-order valence-electron chi connectivity index (χ3n) is 5.65. The van der Waals surface area contributed by atoms with Crippen molar-refractivity contribution in [1.82, 2.24) is 4.90 Å². The van der Waals surface area contributed by atoms with Crippen molar-refractivity contribution in [2.45, 2.75) is 64.3 Å². The lowest BCUT2D eigenvalue weighted by molar-refractivity contribution is -0.151. The van der Waals surface area contributed by atoms with E-state index in [0.717, 1.165) is 5.56 Å². The van der Waals surface area contributed by atoms with Gasteiger partial charge in [-0.15, -0.1) is 0 Å². The van der Waals surface area contributed by atoms with Crippen LogP contribution in [0.5, 0.6) is 0 Å². The zero-order valence-corrected chi connectivity index (χ0v) is 18.9. The standard InChI is InChI=1S/C21H30ClNO5S/c1-13(2)19(12-29(27,28)14(3)4)23-18(15-5-8-17(22)9-6-15)10-7-16(21(23)26)11-20(24)25/h5-6,8-9,13-14,16,18-19H,7,10-12H2,1-4H3,(H,24,25). The Bertz CT molecular complexity index is 835. The van der Waals surface area contributed by atoms with Crippen LogP contribution in [0.1, 0.15) is 58.6 Å². The number of carboxylic acid groups (broad SMARTS) is 1. The van der Waals surface area contributed by atoms with Crippen LogP contribution in [0.15, 0.2) is 24.3 Å². The zero-order chi connectivity index (χ0) is 21.9. The molecule has 0 saturated carbocycles. The van der Waals surface area contributed by atoms with Crippen LogP contribution >= 0.6 is 11.6 Å². The van der Waals surface area contributed by atoms with Gasteiger partial charge in [-0.3, -0.25) is 9.59 Å². The molecule has 3 unspecified atom stereocenters. The third kappa shape index (κ3) is 5.72. The smallest absolute Gasteiger partial charge is 0.304 e. The van der Waals surface area contributed by atoms with E-state index >= 15 is 0 Å². The Morgan fingerprint density at radius 3 is 2.24 bits per heavy atom. The first-order chi connectivity index (χ1) is 13.4. The van der Waals surface area contributed by atoms with Gasteiger partial charge in [0.15, 0.2) is 9.84 Å². The summed E-state index contributed by atoms with van der Waals surface area (Å²) in [7, 11) is -3.40. The maximum atomic E-state index is 13.4. The largest absolute Gasteiger partial charge is 0.481 e. The van der Waals surface area contributed by atoms with Crippen molar-refractivity contribution in [3.63, 3.8) is 0 Å². The summed E-state index contributed by atoms with van der Waals surface area (Å²) in [5.41, 5.74) is 0.879. The number of nitrogens with zero attached hydrogens (tertiary/aromatic N) is 1. The SMILES string of the molecule is CC(C)C(CS(=O)(=O)C(C)C)N1C(=O)C(CC(=O)O)CCC1c1ccc(Cl)cc1. The van der Waals surface area contributed by atoms with E-state index in [9.17, 15) is 23.1 Å². The van der Waals surface area contributed by atoms with E-state index in [1.807, 2.05) is 26.0 Å². The normalized spacial score (nSPS) is 21.6. The number of benzene rings is 1. The van der Waals surface area contributed by atoms with Crippen LogP contribution in [0.4, 0.5) is 0 Å². The number of rotatable bonds is 8. The van der Waals surface area contributed by atoms with Gasteiger partial charge in [0.1, 0.15) is 0 Å². The molecule has 8 heteroatoms. The molecule has 1 aromatic carbocycles. The number of hydrogen-bond acceptors (Lipinski definition) is 4. The number of sulfone groups is 1. The fraction of sp³-hybridized carbons (Fsp3) is 0.619. The summed E-state index contributed by atoms with van der Waals surface area (Å²) in [4.78, 5) is 26.2. The summed E-state index contributed by atoms with van der Waals surface area (Å²) < 4.78 is 25.4. The highest BCUT2D eigenvalue weighted by molar-refractivity contribution is 7.92. The molecule has 2 rings (SSSR count). The molecular formula is C21H30ClNO5S. The van der Waals surface area contributed by atoms with E-state index in [4.69, 9.17) is 11.6 Å². The Kier molecular flexibility index (Phi) is 7.74. The van der Waals surface area contributed by atoms with Crippen LogP contribution in [0.2, 0.25) is 5.02 Å². The summed E-state index contributed by atoms with van der Waals surface area (Å²) in [6.07, 6.45) is 0.789. The van der Waals surface area contributed by atoms with Gasteiger partial charge in [0, 0.05) is 17.0 Å². The second kappa shape index (κ2) is 9.47. The molecule has 162 valence electrons. The van der Waals surface area contributed by atoms with Gasteiger partial charge in [-0.25, -0.2) is 8.42 Å². The van der Waals surface area contributed by atoms with E-state index in [1.54, 1.807) is 30.9 Å². The summed E-state index contributed by atoms with van der Waals surface area (Å²) in [6, 6.07) is 6.35. The summed E-state index contributed by atoms with van der Waals surface area (Å²) in [5, 5.41) is 9.24. The molecule has 1 aromatic rings. The molecule has 29 heavy (non-hydrogen) atoms. The van der Waals surface area contributed by atoms with Gasteiger partial charge in [-0.05, 0) is 50.3 Å². The molecule has 1 heterocycles. The summed E-state index contributed by atoms with van der Waals surface area (Å²) >= 11 is 6.01. The van der Waals surface area contributed by atoms with Crippen molar-refractivity contribution in [3.8, 4) is 0 Å². The van der Waals surface area contributed by atoms with Crippen molar-refractivity contribution in [2.75, 3.05) is 5.75 Å². The number of amides is 1. The van der Waals surface area contributed by atoms with E-state index < -0.39 is 33.0 Å². The van der Waals surface area contributed by atoms with Gasteiger partial charge in [0.2, 0.25) is 5.91 Å². The lowest BCUT2D eigenvalue weighted by Gasteiger charge is -2.45. The predicted molar refractivity (Wildman–Crippen MR) is 114 cm³/mol. The quantitative estimate of drug-likeness (QED) is 0.656. The summed E-state index contributed by atoms with van der Waals surface area (Å²) in [5.74, 6) is -2.19. The first kappa shape index (κ1) is 23.7. The van der Waals surface area contributed by atoms with Gasteiger partial charge in [0.25, 0.3) is 0 Å². The number of hydrogen-bond donors (Lipinski definition) is 1. The van der Waals surface area contributed by atoms with Crippen LogP contribution in [0, 0.1) is 11.8 Å². The fourth-order valence-corrected chi connectivity index (χ4v) is 5.35. The number of carboxylic acids is 1. The highest BCUT2D eigenvalue weighted by atomic mass is 35.5. The van der Waals surface area contributed by atoms with Crippen molar-refractivity contribution < 1.29 is 23.1 Å². The minimum Gasteiger partial charge on any atom is -0.481 e. The molecule has 0 aliphatic carbocycles. The van der Waals surface area contributed by atoms with Gasteiger partial charge in [-0.2, -0.15) is 0 Å². The van der Waals surface area contributed by atoms with Crippen LogP contribution in [-0.4, -0.2) is 47.3 Å². The first-order valence-electron chi connectivity index (χ1n) is 9.95. The maximum absolute atomic E-state index is 13.4. The first-order valence-corrected chi connectivity index (χ1v) is 12.0. The topological polar surface area (TPSA) is 91.8 Å². The van der Waals surface area contributed by atoms with Crippen molar-refractivity contribution >= 4 is 33.3 Å². The molecule has 6 nitrogen and oxygen atoms in total. The van der Waals surface area contributed by atoms with E-state index in [0.29, 0.717) is 17.9 Å². The Morgan fingerprint density at radius 1 is 1.17 bits per heavy atom. The molecule has 0 aromatic heterocycles. The second-order valence-corrected chi connectivity index (χ2v) is 11.4. The molecule has 0 spiro atoms. The number of carbonyl (C=O) groups excluding carboxylic acids is 1. The number of aliphatic carboxylic acids is 1. The van der Waals surface area contributed by atoms with Crippen LogP contribution < -0.4 is 0 Å². The Morgan fingerprint density at radius 2 is 1.76 bits per heavy atom. The third-order valence-corrected chi connectivity index (χ3v) is 8.15. The second-order valence-electron chi connectivity index (χ2n) is 8.37. The number of piperidine rings is 1. The molecule has 3 atom stereocenters. The van der Waals surface area contributed by atoms with Crippen LogP contribution in [0.3, 0.4) is 0 Å². The Hall–Kier alpha value is -1.60. The Labute approximate surface area is 178 Å². The highest BCUT2D eigenvalue weighted by Crippen LogP contribution is 2.39. The number of likely N-dealkylation sites (tertiary alicyclic amines) is 1. The van der Waals surface area contributed by atoms with E-state index in [2.05, 4.69) is 0 Å². The van der Waals surface area contributed by atoms with Gasteiger partial charge in [-0.1, -0.05) is 37.6 Å². The molecule has 1 aliphatic heterocycles. The lowest BCUT2D eigenvalue weighted by Crippen LogP contribution is -2.54.